The first kappa shape index (κ1) is 72.7. The van der Waals surface area contributed by atoms with E-state index >= 15 is 0 Å². The van der Waals surface area contributed by atoms with E-state index in [1.165, 1.54) is 58.3 Å². The second-order valence-electron chi connectivity index (χ2n) is 26.3. The first-order valence-corrected chi connectivity index (χ1v) is 29.5. The standard InChI is InChI=1S/C58H102N12O13/c1-31(2)24-37(30-71)60-51(79)43-20-18-22-69(43)54(82)57(14,15)67-50(78)41(28-35(9)10)63-47(75)39(26-33(5)6)64-52(80)44-21-19-23-70(44)55(83)58(16,17)68-49(77)40(27-34(7)8)62-46(74)38(25-32(3)4)61-48(76)42(29-45(59)73)65-53(81)56(12,13)66-36(11)72/h31-35,37-44,71H,18-30H2,1-17H3,(H2,59,73)(H,60,79)(H,61,76)(H,62,74)(H,63,75)(H,64,80)(H,65,81)(H,66,72)(H,67,78)(H,68,77). The molecular weight excluding hydrogens is 1070 g/mol. The molecule has 25 nitrogen and oxygen atoms in total. The molecule has 25 heteroatoms. The first-order valence-electron chi connectivity index (χ1n) is 29.5. The third-order valence-electron chi connectivity index (χ3n) is 14.3. The lowest BCUT2D eigenvalue weighted by Crippen LogP contribution is -2.64. The minimum atomic E-state index is -1.66. The Kier molecular flexibility index (Phi) is 28.1. The Morgan fingerprint density at radius 2 is 0.795 bits per heavy atom. The van der Waals surface area contributed by atoms with Gasteiger partial charge in [-0.1, -0.05) is 69.2 Å². The third-order valence-corrected chi connectivity index (χ3v) is 14.3. The number of carbonyl (C=O) groups is 12. The smallest absolute Gasteiger partial charge is 0.248 e. The fourth-order valence-corrected chi connectivity index (χ4v) is 10.4. The van der Waals surface area contributed by atoms with Crippen LogP contribution in [0.5, 0.6) is 0 Å². The molecule has 12 N–H and O–H groups in total. The molecule has 0 aromatic carbocycles. The van der Waals surface area contributed by atoms with Crippen LogP contribution in [0.4, 0.5) is 0 Å². The molecule has 2 aliphatic rings. The molecule has 0 spiro atoms. The largest absolute Gasteiger partial charge is 0.394 e. The van der Waals surface area contributed by atoms with Gasteiger partial charge < -0.3 is 68.5 Å². The van der Waals surface area contributed by atoms with E-state index in [2.05, 4.69) is 47.9 Å². The molecule has 0 bridgehead atoms. The van der Waals surface area contributed by atoms with Crippen LogP contribution in [-0.4, -0.2) is 170 Å². The van der Waals surface area contributed by atoms with E-state index in [-0.39, 0.29) is 87.3 Å². The molecule has 2 rings (SSSR count). The highest BCUT2D eigenvalue weighted by Crippen LogP contribution is 2.25. The van der Waals surface area contributed by atoms with Gasteiger partial charge in [0.2, 0.25) is 70.9 Å². The molecule has 0 aliphatic carbocycles. The van der Waals surface area contributed by atoms with Gasteiger partial charge in [0.1, 0.15) is 58.9 Å². The summed E-state index contributed by atoms with van der Waals surface area (Å²) in [5.41, 5.74) is 0.770. The van der Waals surface area contributed by atoms with Crippen molar-refractivity contribution in [2.24, 2.45) is 35.3 Å². The lowest BCUT2D eigenvalue weighted by Gasteiger charge is -2.35. The molecule has 0 aromatic heterocycles. The average Bonchev–Trinajstić information content (AvgIpc) is 4.24. The minimum absolute atomic E-state index is 0.0641. The Hall–Kier alpha value is -6.40. The minimum Gasteiger partial charge on any atom is -0.394 e. The van der Waals surface area contributed by atoms with E-state index in [0.717, 1.165) is 0 Å². The highest BCUT2D eigenvalue weighted by molar-refractivity contribution is 6.01. The Labute approximate surface area is 491 Å². The number of hydrogen-bond donors (Lipinski definition) is 11. The Morgan fingerprint density at radius 3 is 1.13 bits per heavy atom. The van der Waals surface area contributed by atoms with Crippen molar-refractivity contribution in [3.05, 3.63) is 0 Å². The summed E-state index contributed by atoms with van der Waals surface area (Å²) >= 11 is 0. The normalized spacial score (nSPS) is 17.9. The molecule has 0 aromatic rings. The van der Waals surface area contributed by atoms with Crippen molar-refractivity contribution >= 4 is 70.9 Å². The number of nitrogens with zero attached hydrogens (tertiary/aromatic N) is 2. The summed E-state index contributed by atoms with van der Waals surface area (Å²) in [5, 5.41) is 34.2. The first-order chi connectivity index (χ1) is 38.2. The molecule has 0 radical (unpaired) electrons. The van der Waals surface area contributed by atoms with Crippen LogP contribution in [0, 0.1) is 29.6 Å². The Balaban J connectivity index is 2.31. The van der Waals surface area contributed by atoms with Gasteiger partial charge >= 0.3 is 0 Å². The number of likely N-dealkylation sites (tertiary alicyclic amines) is 2. The lowest BCUT2D eigenvalue weighted by molar-refractivity contribution is -0.146. The molecule has 2 heterocycles. The number of nitrogens with two attached hydrogens (primary N) is 1. The molecule has 12 amide bonds. The quantitative estimate of drug-likeness (QED) is 0.0442. The summed E-state index contributed by atoms with van der Waals surface area (Å²) in [6.07, 6.45) is 1.99. The number of aliphatic hydroxyl groups is 1. The number of nitrogens with one attached hydrogen (secondary N) is 9. The fraction of sp³-hybridized carbons (Fsp3) is 0.793. The summed E-state index contributed by atoms with van der Waals surface area (Å²) < 4.78 is 0. The molecule has 2 fully saturated rings. The van der Waals surface area contributed by atoms with E-state index in [0.29, 0.717) is 25.7 Å². The predicted molar refractivity (Wildman–Crippen MR) is 312 cm³/mol. The maximum absolute atomic E-state index is 14.5. The molecule has 83 heavy (non-hydrogen) atoms. The second kappa shape index (κ2) is 32.0. The average molecular weight is 1180 g/mol. The van der Waals surface area contributed by atoms with Crippen molar-refractivity contribution in [3.63, 3.8) is 0 Å². The second-order valence-corrected chi connectivity index (χ2v) is 26.3. The van der Waals surface area contributed by atoms with E-state index in [1.807, 2.05) is 55.4 Å². The zero-order chi connectivity index (χ0) is 63.6. The third kappa shape index (κ3) is 23.3. The number of rotatable bonds is 32. The van der Waals surface area contributed by atoms with Gasteiger partial charge in [-0.15, -0.1) is 0 Å². The van der Waals surface area contributed by atoms with E-state index in [4.69, 9.17) is 5.73 Å². The fourth-order valence-electron chi connectivity index (χ4n) is 10.4. The van der Waals surface area contributed by atoms with Crippen LogP contribution in [0.15, 0.2) is 0 Å². The van der Waals surface area contributed by atoms with Gasteiger partial charge in [0.15, 0.2) is 0 Å². The van der Waals surface area contributed by atoms with Gasteiger partial charge in [0.05, 0.1) is 19.1 Å². The molecule has 2 aliphatic heterocycles. The van der Waals surface area contributed by atoms with Gasteiger partial charge in [-0.2, -0.15) is 0 Å². The molecule has 2 saturated heterocycles. The summed E-state index contributed by atoms with van der Waals surface area (Å²) in [6.45, 7) is 28.7. The summed E-state index contributed by atoms with van der Waals surface area (Å²) in [7, 11) is 0. The molecular formula is C58H102N12O13. The zero-order valence-corrected chi connectivity index (χ0v) is 52.5. The van der Waals surface area contributed by atoms with Crippen molar-refractivity contribution in [2.45, 2.75) is 247 Å². The highest BCUT2D eigenvalue weighted by Gasteiger charge is 2.46. The van der Waals surface area contributed by atoms with Gasteiger partial charge in [-0.05, 0) is 129 Å². The van der Waals surface area contributed by atoms with Crippen LogP contribution in [0.3, 0.4) is 0 Å². The number of primary amides is 1. The maximum atomic E-state index is 14.5. The van der Waals surface area contributed by atoms with Gasteiger partial charge in [0, 0.05) is 20.0 Å². The van der Waals surface area contributed by atoms with Crippen molar-refractivity contribution in [3.8, 4) is 0 Å². The number of carbonyl (C=O) groups excluding carboxylic acids is 12. The Bertz CT molecular complexity index is 2320. The van der Waals surface area contributed by atoms with Gasteiger partial charge in [-0.3, -0.25) is 57.5 Å². The molecule has 8 atom stereocenters. The molecule has 472 valence electrons. The monoisotopic (exact) mass is 1170 g/mol. The highest BCUT2D eigenvalue weighted by atomic mass is 16.3. The lowest BCUT2D eigenvalue weighted by atomic mass is 9.97. The van der Waals surface area contributed by atoms with E-state index in [1.54, 1.807) is 13.8 Å². The van der Waals surface area contributed by atoms with Crippen LogP contribution in [0.25, 0.3) is 0 Å². The van der Waals surface area contributed by atoms with Crippen molar-refractivity contribution < 1.29 is 62.6 Å². The molecule has 8 unspecified atom stereocenters. The summed E-state index contributed by atoms with van der Waals surface area (Å²) in [4.78, 5) is 167. The van der Waals surface area contributed by atoms with Crippen molar-refractivity contribution in [1.82, 2.24) is 57.7 Å². The van der Waals surface area contributed by atoms with Crippen molar-refractivity contribution in [1.29, 1.82) is 0 Å². The van der Waals surface area contributed by atoms with Crippen LogP contribution in [0.1, 0.15) is 182 Å². The SMILES string of the molecule is CC(=O)NC(C)(C)C(=O)NC(CC(N)=O)C(=O)NC(CC(C)C)C(=O)NC(CC(C)C)C(=O)NC(C)(C)C(=O)N1CCCC1C(=O)NC(CC(C)C)C(=O)NC(CC(C)C)C(=O)NC(C)(C)C(=O)N1CCCC1C(=O)NC(CO)CC(C)C. The van der Waals surface area contributed by atoms with Gasteiger partial charge in [-0.25, -0.2) is 0 Å². The van der Waals surface area contributed by atoms with Gasteiger partial charge in [0.25, 0.3) is 0 Å². The number of amides is 12. The Morgan fingerprint density at radius 1 is 0.458 bits per heavy atom. The number of hydrogen-bond acceptors (Lipinski definition) is 13. The zero-order valence-electron chi connectivity index (χ0n) is 52.5. The topological polar surface area (TPSA) is 366 Å². The van der Waals surface area contributed by atoms with Crippen LogP contribution in [-0.2, 0) is 57.5 Å². The van der Waals surface area contributed by atoms with Crippen LogP contribution >= 0.6 is 0 Å². The van der Waals surface area contributed by atoms with Crippen LogP contribution < -0.4 is 53.6 Å². The summed E-state index contributed by atoms with van der Waals surface area (Å²) in [6, 6.07) is -8.70. The predicted octanol–water partition coefficient (Wildman–Crippen LogP) is 0.680. The van der Waals surface area contributed by atoms with E-state index < -0.39 is 136 Å². The van der Waals surface area contributed by atoms with E-state index in [9.17, 15) is 62.6 Å². The van der Waals surface area contributed by atoms with Crippen LogP contribution in [0.2, 0.25) is 0 Å². The summed E-state index contributed by atoms with van der Waals surface area (Å²) in [5.74, 6) is -8.52. The number of aliphatic hydroxyl groups excluding tert-OH is 1. The molecule has 0 saturated carbocycles. The maximum Gasteiger partial charge on any atom is 0.248 e. The van der Waals surface area contributed by atoms with Crippen molar-refractivity contribution in [2.75, 3.05) is 19.7 Å².